The minimum absolute atomic E-state index is 0.109. The Morgan fingerprint density at radius 2 is 2.35 bits per heavy atom. The predicted molar refractivity (Wildman–Crippen MR) is 66.6 cm³/mol. The molecule has 0 aliphatic carbocycles. The van der Waals surface area contributed by atoms with Crippen LogP contribution in [-0.4, -0.2) is 18.8 Å². The molecule has 1 aromatic carbocycles. The summed E-state index contributed by atoms with van der Waals surface area (Å²) < 4.78 is 19.1. The Hall–Kier alpha value is -0.640. The van der Waals surface area contributed by atoms with E-state index in [2.05, 4.69) is 0 Å². The Kier molecular flexibility index (Phi) is 4.02. The van der Waals surface area contributed by atoms with E-state index in [1.54, 1.807) is 12.1 Å². The van der Waals surface area contributed by atoms with Gasteiger partial charge in [-0.15, -0.1) is 0 Å². The maximum atomic E-state index is 13.6. The molecule has 3 atom stereocenters. The molecule has 0 spiro atoms. The van der Waals surface area contributed by atoms with Crippen molar-refractivity contribution in [3.63, 3.8) is 0 Å². The van der Waals surface area contributed by atoms with Crippen LogP contribution in [-0.2, 0) is 11.2 Å². The summed E-state index contributed by atoms with van der Waals surface area (Å²) >= 11 is 5.99. The minimum atomic E-state index is -0.278. The summed E-state index contributed by atoms with van der Waals surface area (Å²) in [5, 5.41) is 0.451. The maximum absolute atomic E-state index is 13.6. The van der Waals surface area contributed by atoms with Gasteiger partial charge in [0.05, 0.1) is 6.10 Å². The molecule has 1 heterocycles. The zero-order chi connectivity index (χ0) is 12.4. The number of nitrogens with two attached hydrogens (primary N) is 1. The second kappa shape index (κ2) is 5.34. The predicted octanol–water partition coefficient (Wildman–Crippen LogP) is 2.77. The first-order chi connectivity index (χ1) is 8.09. The van der Waals surface area contributed by atoms with Gasteiger partial charge in [-0.05, 0) is 31.9 Å². The van der Waals surface area contributed by atoms with E-state index in [1.165, 1.54) is 6.07 Å². The summed E-state index contributed by atoms with van der Waals surface area (Å²) in [6.07, 6.45) is 1.55. The fraction of sp³-hybridized carbons (Fsp3) is 0.538. The van der Waals surface area contributed by atoms with Crippen molar-refractivity contribution in [3.8, 4) is 0 Å². The first-order valence-electron chi connectivity index (χ1n) is 5.89. The van der Waals surface area contributed by atoms with Crippen LogP contribution in [0.25, 0.3) is 0 Å². The van der Waals surface area contributed by atoms with Crippen molar-refractivity contribution in [3.05, 3.63) is 34.6 Å². The van der Waals surface area contributed by atoms with Crippen molar-refractivity contribution < 1.29 is 9.13 Å². The van der Waals surface area contributed by atoms with Gasteiger partial charge in [0.2, 0.25) is 0 Å². The smallest absolute Gasteiger partial charge is 0.127 e. The van der Waals surface area contributed by atoms with E-state index < -0.39 is 0 Å². The third kappa shape index (κ3) is 2.79. The number of benzene rings is 1. The van der Waals surface area contributed by atoms with Crippen molar-refractivity contribution >= 4 is 11.6 Å². The van der Waals surface area contributed by atoms with E-state index in [4.69, 9.17) is 22.1 Å². The Labute approximate surface area is 106 Å². The molecule has 1 saturated heterocycles. The zero-order valence-electron chi connectivity index (χ0n) is 9.83. The van der Waals surface area contributed by atoms with Crippen LogP contribution < -0.4 is 5.73 Å². The van der Waals surface area contributed by atoms with Crippen molar-refractivity contribution in [2.24, 2.45) is 11.7 Å². The van der Waals surface area contributed by atoms with Crippen LogP contribution >= 0.6 is 11.6 Å². The molecule has 3 unspecified atom stereocenters. The average molecular weight is 258 g/mol. The van der Waals surface area contributed by atoms with Crippen LogP contribution in [0.3, 0.4) is 0 Å². The van der Waals surface area contributed by atoms with Gasteiger partial charge in [0.25, 0.3) is 0 Å². The summed E-state index contributed by atoms with van der Waals surface area (Å²) in [4.78, 5) is 0. The number of halogens is 2. The van der Waals surface area contributed by atoms with Gasteiger partial charge in [0.15, 0.2) is 0 Å². The van der Waals surface area contributed by atoms with Crippen LogP contribution in [0.15, 0.2) is 18.2 Å². The molecule has 4 heteroatoms. The van der Waals surface area contributed by atoms with Crippen LogP contribution in [0.2, 0.25) is 5.02 Å². The lowest BCUT2D eigenvalue weighted by molar-refractivity contribution is 0.0994. The third-order valence-corrected chi connectivity index (χ3v) is 3.84. The maximum Gasteiger partial charge on any atom is 0.127 e. The monoisotopic (exact) mass is 257 g/mol. The molecule has 1 aliphatic heterocycles. The number of hydrogen-bond donors (Lipinski definition) is 1. The molecule has 1 fully saturated rings. The summed E-state index contributed by atoms with van der Waals surface area (Å²) in [7, 11) is 0. The van der Waals surface area contributed by atoms with Gasteiger partial charge in [0, 0.05) is 29.2 Å². The molecule has 1 aromatic rings. The Bertz CT molecular complexity index is 379. The highest BCUT2D eigenvalue weighted by molar-refractivity contribution is 6.31. The van der Waals surface area contributed by atoms with Crippen molar-refractivity contribution in [2.45, 2.75) is 31.9 Å². The Morgan fingerprint density at radius 1 is 1.59 bits per heavy atom. The van der Waals surface area contributed by atoms with Gasteiger partial charge in [0.1, 0.15) is 5.82 Å². The molecular formula is C13H17ClFNO. The molecule has 2 nitrogen and oxygen atoms in total. The van der Waals surface area contributed by atoms with E-state index in [9.17, 15) is 4.39 Å². The standard InChI is InChI=1S/C13H17ClFNO/c1-8-9(5-6-17-8)13(16)7-10-11(14)3-2-4-12(10)15/h2-4,8-9,13H,5-7,16H2,1H3. The van der Waals surface area contributed by atoms with Crippen LogP contribution in [0, 0.1) is 11.7 Å². The lowest BCUT2D eigenvalue weighted by Gasteiger charge is -2.22. The summed E-state index contributed by atoms with van der Waals surface area (Å²) in [5.74, 6) is 0.00481. The zero-order valence-corrected chi connectivity index (χ0v) is 10.6. The van der Waals surface area contributed by atoms with Gasteiger partial charge in [-0.25, -0.2) is 4.39 Å². The number of hydrogen-bond acceptors (Lipinski definition) is 2. The summed E-state index contributed by atoms with van der Waals surface area (Å²) in [5.41, 5.74) is 6.65. The van der Waals surface area contributed by atoms with Gasteiger partial charge < -0.3 is 10.5 Å². The molecule has 0 aromatic heterocycles. The van der Waals surface area contributed by atoms with Crippen molar-refractivity contribution in [1.29, 1.82) is 0 Å². The third-order valence-electron chi connectivity index (χ3n) is 3.49. The van der Waals surface area contributed by atoms with E-state index in [-0.39, 0.29) is 23.9 Å². The van der Waals surface area contributed by atoms with Crippen LogP contribution in [0.4, 0.5) is 4.39 Å². The molecule has 0 radical (unpaired) electrons. The van der Waals surface area contributed by atoms with Crippen molar-refractivity contribution in [2.75, 3.05) is 6.61 Å². The first kappa shape index (κ1) is 12.8. The molecule has 2 rings (SSSR count). The summed E-state index contributed by atoms with van der Waals surface area (Å²) in [6.45, 7) is 2.75. The first-order valence-corrected chi connectivity index (χ1v) is 6.27. The fourth-order valence-electron chi connectivity index (χ4n) is 2.42. The number of rotatable bonds is 3. The Balaban J connectivity index is 2.10. The SMILES string of the molecule is CC1OCCC1C(N)Cc1c(F)cccc1Cl. The quantitative estimate of drug-likeness (QED) is 0.904. The molecule has 1 aliphatic rings. The molecule has 17 heavy (non-hydrogen) atoms. The van der Waals surface area contributed by atoms with Crippen molar-refractivity contribution in [1.82, 2.24) is 0 Å². The average Bonchev–Trinajstić information content (AvgIpc) is 2.70. The van der Waals surface area contributed by atoms with E-state index >= 15 is 0 Å². The molecule has 0 amide bonds. The lowest BCUT2D eigenvalue weighted by Crippen LogP contribution is -2.36. The molecule has 0 saturated carbocycles. The van der Waals surface area contributed by atoms with Gasteiger partial charge in [-0.2, -0.15) is 0 Å². The van der Waals surface area contributed by atoms with E-state index in [1.807, 2.05) is 6.92 Å². The second-order valence-electron chi connectivity index (χ2n) is 4.60. The Morgan fingerprint density at radius 3 is 2.94 bits per heavy atom. The van der Waals surface area contributed by atoms with Gasteiger partial charge in [-0.3, -0.25) is 0 Å². The molecule has 2 N–H and O–H groups in total. The topological polar surface area (TPSA) is 35.2 Å². The van der Waals surface area contributed by atoms with Crippen LogP contribution in [0.5, 0.6) is 0 Å². The van der Waals surface area contributed by atoms with Crippen LogP contribution in [0.1, 0.15) is 18.9 Å². The largest absolute Gasteiger partial charge is 0.378 e. The van der Waals surface area contributed by atoms with E-state index in [0.29, 0.717) is 17.0 Å². The molecule has 0 bridgehead atoms. The molecular weight excluding hydrogens is 241 g/mol. The number of ether oxygens (including phenoxy) is 1. The summed E-state index contributed by atoms with van der Waals surface area (Å²) in [6, 6.07) is 4.61. The highest BCUT2D eigenvalue weighted by Gasteiger charge is 2.30. The van der Waals surface area contributed by atoms with Gasteiger partial charge >= 0.3 is 0 Å². The highest BCUT2D eigenvalue weighted by Crippen LogP contribution is 2.27. The lowest BCUT2D eigenvalue weighted by atomic mass is 9.89. The van der Waals surface area contributed by atoms with Gasteiger partial charge in [-0.1, -0.05) is 17.7 Å². The fourth-order valence-corrected chi connectivity index (χ4v) is 2.67. The highest BCUT2D eigenvalue weighted by atomic mass is 35.5. The molecule has 94 valence electrons. The normalized spacial score (nSPS) is 26.1. The van der Waals surface area contributed by atoms with E-state index in [0.717, 1.165) is 13.0 Å². The minimum Gasteiger partial charge on any atom is -0.378 e. The second-order valence-corrected chi connectivity index (χ2v) is 5.00.